The second-order valence-corrected chi connectivity index (χ2v) is 4.31. The van der Waals surface area contributed by atoms with Crippen molar-refractivity contribution in [1.29, 1.82) is 0 Å². The predicted molar refractivity (Wildman–Crippen MR) is 54.0 cm³/mol. The monoisotopic (exact) mass is 190 g/mol. The number of aliphatic hydroxyl groups is 1. The number of pyridine rings is 1. The Morgan fingerprint density at radius 1 is 1.43 bits per heavy atom. The van der Waals surface area contributed by atoms with Crippen molar-refractivity contribution in [3.8, 4) is 0 Å². The van der Waals surface area contributed by atoms with Gasteiger partial charge in [-0.15, -0.1) is 0 Å². The summed E-state index contributed by atoms with van der Waals surface area (Å²) >= 11 is 0. The summed E-state index contributed by atoms with van der Waals surface area (Å²) in [7, 11) is 0. The quantitative estimate of drug-likeness (QED) is 0.756. The minimum atomic E-state index is 0.0923. The van der Waals surface area contributed by atoms with Crippen molar-refractivity contribution in [2.24, 2.45) is 11.8 Å². The predicted octanol–water partition coefficient (Wildman–Crippen LogP) is 1.03. The molecule has 0 spiro atoms. The van der Waals surface area contributed by atoms with Gasteiger partial charge in [-0.3, -0.25) is 0 Å². The van der Waals surface area contributed by atoms with Gasteiger partial charge in [0.05, 0.1) is 6.61 Å². The van der Waals surface area contributed by atoms with Crippen LogP contribution in [-0.2, 0) is 6.61 Å². The maximum Gasteiger partial charge on any atom is 0.134 e. The molecule has 74 valence electrons. The summed E-state index contributed by atoms with van der Waals surface area (Å²) < 4.78 is 0. The van der Waals surface area contributed by atoms with Crippen LogP contribution < -0.4 is 4.90 Å². The van der Waals surface area contributed by atoms with Crippen molar-refractivity contribution < 1.29 is 5.11 Å². The number of fused-ring (bicyclic) bond motifs is 1. The standard InChI is InChI=1S/C11H14N2O/c14-7-8-2-1-3-12-11(8)13-5-9-4-10(9)6-13/h1-3,9-10,14H,4-7H2. The van der Waals surface area contributed by atoms with Crippen molar-refractivity contribution in [2.75, 3.05) is 18.0 Å². The molecule has 1 saturated carbocycles. The van der Waals surface area contributed by atoms with Crippen molar-refractivity contribution >= 4 is 5.82 Å². The van der Waals surface area contributed by atoms with E-state index in [1.807, 2.05) is 12.1 Å². The van der Waals surface area contributed by atoms with Gasteiger partial charge in [0.25, 0.3) is 0 Å². The SMILES string of the molecule is OCc1cccnc1N1CC2CC2C1. The Hall–Kier alpha value is -1.09. The Labute approximate surface area is 83.4 Å². The molecular weight excluding hydrogens is 176 g/mol. The molecule has 1 aromatic heterocycles. The van der Waals surface area contributed by atoms with Crippen LogP contribution in [0.15, 0.2) is 18.3 Å². The van der Waals surface area contributed by atoms with Gasteiger partial charge >= 0.3 is 0 Å². The molecule has 1 aliphatic carbocycles. The fourth-order valence-corrected chi connectivity index (χ4v) is 2.41. The molecule has 0 radical (unpaired) electrons. The Morgan fingerprint density at radius 3 is 2.93 bits per heavy atom. The first-order valence-corrected chi connectivity index (χ1v) is 5.18. The number of aromatic nitrogens is 1. The average Bonchev–Trinajstić information content (AvgIpc) is 2.86. The Bertz CT molecular complexity index is 343. The summed E-state index contributed by atoms with van der Waals surface area (Å²) in [6, 6.07) is 3.83. The van der Waals surface area contributed by atoms with E-state index in [2.05, 4.69) is 9.88 Å². The van der Waals surface area contributed by atoms with Crippen LogP contribution in [0.4, 0.5) is 5.82 Å². The number of nitrogens with zero attached hydrogens (tertiary/aromatic N) is 2. The van der Waals surface area contributed by atoms with Crippen molar-refractivity contribution in [2.45, 2.75) is 13.0 Å². The van der Waals surface area contributed by atoms with E-state index in [0.717, 1.165) is 36.3 Å². The van der Waals surface area contributed by atoms with E-state index in [4.69, 9.17) is 0 Å². The van der Waals surface area contributed by atoms with E-state index in [1.165, 1.54) is 6.42 Å². The normalized spacial score (nSPS) is 29.1. The maximum atomic E-state index is 9.19. The van der Waals surface area contributed by atoms with Crippen LogP contribution in [0.25, 0.3) is 0 Å². The molecule has 3 nitrogen and oxygen atoms in total. The smallest absolute Gasteiger partial charge is 0.134 e. The molecule has 1 aromatic rings. The molecule has 2 heterocycles. The molecule has 3 rings (SSSR count). The molecule has 3 heteroatoms. The second kappa shape index (κ2) is 2.95. The first kappa shape index (κ1) is 8.24. The highest BCUT2D eigenvalue weighted by atomic mass is 16.3. The zero-order chi connectivity index (χ0) is 9.54. The van der Waals surface area contributed by atoms with Gasteiger partial charge in [-0.25, -0.2) is 4.98 Å². The van der Waals surface area contributed by atoms with Gasteiger partial charge in [0.15, 0.2) is 0 Å². The summed E-state index contributed by atoms with van der Waals surface area (Å²) in [4.78, 5) is 6.66. The van der Waals surface area contributed by atoms with Gasteiger partial charge < -0.3 is 10.0 Å². The number of aliphatic hydroxyl groups excluding tert-OH is 1. The molecule has 2 unspecified atom stereocenters. The minimum absolute atomic E-state index is 0.0923. The average molecular weight is 190 g/mol. The second-order valence-electron chi connectivity index (χ2n) is 4.31. The zero-order valence-electron chi connectivity index (χ0n) is 8.06. The third-order valence-electron chi connectivity index (χ3n) is 3.32. The van der Waals surface area contributed by atoms with Gasteiger partial charge in [-0.2, -0.15) is 0 Å². The topological polar surface area (TPSA) is 36.4 Å². The Balaban J connectivity index is 1.87. The summed E-state index contributed by atoms with van der Waals surface area (Å²) in [6.45, 7) is 2.36. The molecule has 0 bridgehead atoms. The lowest BCUT2D eigenvalue weighted by Crippen LogP contribution is -2.24. The fraction of sp³-hybridized carbons (Fsp3) is 0.545. The van der Waals surface area contributed by atoms with Gasteiger partial charge in [-0.05, 0) is 24.3 Å². The first-order valence-electron chi connectivity index (χ1n) is 5.18. The van der Waals surface area contributed by atoms with Crippen LogP contribution >= 0.6 is 0 Å². The first-order chi connectivity index (χ1) is 6.88. The van der Waals surface area contributed by atoms with Gasteiger partial charge in [0.2, 0.25) is 0 Å². The molecule has 2 atom stereocenters. The number of hydrogen-bond donors (Lipinski definition) is 1. The van der Waals surface area contributed by atoms with E-state index in [9.17, 15) is 5.11 Å². The summed E-state index contributed by atoms with van der Waals surface area (Å²) in [5.74, 6) is 2.80. The highest BCUT2D eigenvalue weighted by Crippen LogP contribution is 2.46. The zero-order valence-corrected chi connectivity index (χ0v) is 8.06. The van der Waals surface area contributed by atoms with Crippen molar-refractivity contribution in [3.05, 3.63) is 23.9 Å². The maximum absolute atomic E-state index is 9.19. The van der Waals surface area contributed by atoms with Gasteiger partial charge in [0.1, 0.15) is 5.82 Å². The van der Waals surface area contributed by atoms with Crippen molar-refractivity contribution in [1.82, 2.24) is 4.98 Å². The molecule has 1 aliphatic heterocycles. The third-order valence-corrected chi connectivity index (χ3v) is 3.32. The van der Waals surface area contributed by atoms with E-state index in [1.54, 1.807) is 6.20 Å². The van der Waals surface area contributed by atoms with Crippen molar-refractivity contribution in [3.63, 3.8) is 0 Å². The van der Waals surface area contributed by atoms with Crippen LogP contribution in [0.1, 0.15) is 12.0 Å². The van der Waals surface area contributed by atoms with Crippen LogP contribution in [-0.4, -0.2) is 23.2 Å². The summed E-state index contributed by atoms with van der Waals surface area (Å²) in [6.07, 6.45) is 3.20. The highest BCUT2D eigenvalue weighted by molar-refractivity contribution is 5.48. The summed E-state index contributed by atoms with van der Waals surface area (Å²) in [5.41, 5.74) is 0.953. The highest BCUT2D eigenvalue weighted by Gasteiger charge is 2.45. The molecule has 1 N–H and O–H groups in total. The number of hydrogen-bond acceptors (Lipinski definition) is 3. The lowest BCUT2D eigenvalue weighted by atomic mass is 10.2. The van der Waals surface area contributed by atoms with Crippen LogP contribution in [0, 0.1) is 11.8 Å². The van der Waals surface area contributed by atoms with E-state index >= 15 is 0 Å². The molecule has 14 heavy (non-hydrogen) atoms. The molecular formula is C11H14N2O. The number of rotatable bonds is 2. The number of anilines is 1. The largest absolute Gasteiger partial charge is 0.392 e. The molecule has 2 aliphatic rings. The Kier molecular flexibility index (Phi) is 1.74. The molecule has 0 aromatic carbocycles. The van der Waals surface area contributed by atoms with E-state index in [-0.39, 0.29) is 6.61 Å². The van der Waals surface area contributed by atoms with E-state index in [0.29, 0.717) is 0 Å². The van der Waals surface area contributed by atoms with Crippen LogP contribution in [0.2, 0.25) is 0 Å². The minimum Gasteiger partial charge on any atom is -0.392 e. The lowest BCUT2D eigenvalue weighted by Gasteiger charge is -2.21. The molecule has 1 saturated heterocycles. The lowest BCUT2D eigenvalue weighted by molar-refractivity contribution is 0.281. The summed E-state index contributed by atoms with van der Waals surface area (Å²) in [5, 5.41) is 9.19. The third kappa shape index (κ3) is 1.20. The van der Waals surface area contributed by atoms with Crippen LogP contribution in [0.5, 0.6) is 0 Å². The fourth-order valence-electron chi connectivity index (χ4n) is 2.41. The number of piperidine rings is 1. The van der Waals surface area contributed by atoms with Gasteiger partial charge in [0, 0.05) is 24.8 Å². The molecule has 2 fully saturated rings. The van der Waals surface area contributed by atoms with Crippen LogP contribution in [0.3, 0.4) is 0 Å². The molecule has 0 amide bonds. The Morgan fingerprint density at radius 2 is 2.21 bits per heavy atom. The van der Waals surface area contributed by atoms with Gasteiger partial charge in [-0.1, -0.05) is 6.07 Å². The van der Waals surface area contributed by atoms with E-state index < -0.39 is 0 Å².